The predicted molar refractivity (Wildman–Crippen MR) is 131 cm³/mol. The molecular weight excluding hydrogens is 475 g/mol. The van der Waals surface area contributed by atoms with Gasteiger partial charge in [-0.25, -0.2) is 12.8 Å². The molecule has 10 heteroatoms. The number of carbonyl (C=O) groups is 1. The highest BCUT2D eigenvalue weighted by Crippen LogP contribution is 2.35. The van der Waals surface area contributed by atoms with Crippen LogP contribution in [0.25, 0.3) is 21.5 Å². The molecule has 1 aliphatic heterocycles. The lowest BCUT2D eigenvalue weighted by molar-refractivity contribution is 0.103. The van der Waals surface area contributed by atoms with Gasteiger partial charge in [-0.2, -0.15) is 9.40 Å². The summed E-state index contributed by atoms with van der Waals surface area (Å²) in [4.78, 5) is 14.3. The number of rotatable bonds is 5. The predicted octanol–water partition coefficient (Wildman–Crippen LogP) is 4.87. The number of hydrogen-bond donors (Lipinski definition) is 1. The Morgan fingerprint density at radius 3 is 2.47 bits per heavy atom. The number of sulfonamides is 1. The van der Waals surface area contributed by atoms with Gasteiger partial charge in [0.25, 0.3) is 5.91 Å². The third-order valence-electron chi connectivity index (χ3n) is 5.93. The van der Waals surface area contributed by atoms with E-state index < -0.39 is 10.0 Å². The standard InChI is InChI=1S/C24H23FN4O3S2/c1-28-24-19(22(27-28)18-7-3-4-8-20(18)25)15-21(33-24)23(30)26-16-9-11-17(12-10-16)34(31,32)29-13-5-2-6-14-29/h3-4,7-12,15H,2,5-6,13-14H2,1H3,(H,26,30). The van der Waals surface area contributed by atoms with E-state index in [-0.39, 0.29) is 16.6 Å². The van der Waals surface area contributed by atoms with Crippen LogP contribution < -0.4 is 5.32 Å². The molecule has 0 bridgehead atoms. The van der Waals surface area contributed by atoms with Crippen molar-refractivity contribution in [3.63, 3.8) is 0 Å². The molecule has 2 aromatic carbocycles. The number of nitrogens with one attached hydrogen (secondary N) is 1. The van der Waals surface area contributed by atoms with Crippen molar-refractivity contribution in [3.05, 3.63) is 65.3 Å². The SMILES string of the molecule is Cn1nc(-c2ccccc2F)c2cc(C(=O)Nc3ccc(S(=O)(=O)N4CCCCC4)cc3)sc21. The van der Waals surface area contributed by atoms with Crippen molar-refractivity contribution in [2.24, 2.45) is 7.05 Å². The minimum Gasteiger partial charge on any atom is -0.321 e. The molecule has 4 aromatic rings. The number of halogens is 1. The second-order valence-electron chi connectivity index (χ2n) is 8.22. The Morgan fingerprint density at radius 1 is 1.06 bits per heavy atom. The maximum atomic E-state index is 14.3. The highest BCUT2D eigenvalue weighted by atomic mass is 32.2. The fraction of sp³-hybridized carbons (Fsp3) is 0.250. The number of piperidine rings is 1. The second kappa shape index (κ2) is 8.94. The third-order valence-corrected chi connectivity index (χ3v) is 9.04. The Morgan fingerprint density at radius 2 is 1.76 bits per heavy atom. The van der Waals surface area contributed by atoms with E-state index in [4.69, 9.17) is 0 Å². The van der Waals surface area contributed by atoms with Gasteiger partial charge in [0, 0.05) is 36.8 Å². The average molecular weight is 499 g/mol. The zero-order valence-electron chi connectivity index (χ0n) is 18.5. The molecule has 1 fully saturated rings. The molecule has 0 radical (unpaired) electrons. The number of nitrogens with zero attached hydrogens (tertiary/aromatic N) is 3. The lowest BCUT2D eigenvalue weighted by Gasteiger charge is -2.25. The van der Waals surface area contributed by atoms with E-state index in [0.29, 0.717) is 40.3 Å². The topological polar surface area (TPSA) is 84.3 Å². The highest BCUT2D eigenvalue weighted by molar-refractivity contribution is 7.89. The molecule has 0 unspecified atom stereocenters. The van der Waals surface area contributed by atoms with Crippen molar-refractivity contribution < 1.29 is 17.6 Å². The van der Waals surface area contributed by atoms with Crippen LogP contribution in [0.3, 0.4) is 0 Å². The van der Waals surface area contributed by atoms with E-state index in [1.54, 1.807) is 48.1 Å². The maximum absolute atomic E-state index is 14.3. The Balaban J connectivity index is 1.37. The Labute approximate surface area is 200 Å². The lowest BCUT2D eigenvalue weighted by atomic mass is 10.1. The molecule has 1 N–H and O–H groups in total. The van der Waals surface area contributed by atoms with Crippen LogP contribution in [0.4, 0.5) is 10.1 Å². The van der Waals surface area contributed by atoms with Crippen LogP contribution >= 0.6 is 11.3 Å². The highest BCUT2D eigenvalue weighted by Gasteiger charge is 2.26. The molecule has 0 saturated carbocycles. The third kappa shape index (κ3) is 4.13. The molecule has 1 amide bonds. The largest absolute Gasteiger partial charge is 0.321 e. The van der Waals surface area contributed by atoms with Crippen LogP contribution in [-0.4, -0.2) is 41.5 Å². The van der Waals surface area contributed by atoms with Crippen LogP contribution in [0.5, 0.6) is 0 Å². The first-order valence-electron chi connectivity index (χ1n) is 11.0. The molecule has 3 heterocycles. The number of anilines is 1. The lowest BCUT2D eigenvalue weighted by Crippen LogP contribution is -2.35. The molecule has 7 nitrogen and oxygen atoms in total. The van der Waals surface area contributed by atoms with E-state index in [0.717, 1.165) is 24.1 Å². The van der Waals surface area contributed by atoms with Gasteiger partial charge in [-0.15, -0.1) is 11.3 Å². The summed E-state index contributed by atoms with van der Waals surface area (Å²) in [6.45, 7) is 1.08. The van der Waals surface area contributed by atoms with Gasteiger partial charge in [-0.1, -0.05) is 18.6 Å². The van der Waals surface area contributed by atoms with Crippen molar-refractivity contribution in [2.45, 2.75) is 24.2 Å². The van der Waals surface area contributed by atoms with Crippen molar-refractivity contribution in [1.29, 1.82) is 0 Å². The zero-order chi connectivity index (χ0) is 23.9. The van der Waals surface area contributed by atoms with Crippen molar-refractivity contribution in [3.8, 4) is 11.3 Å². The molecule has 176 valence electrons. The van der Waals surface area contributed by atoms with Gasteiger partial charge in [-0.05, 0) is 55.3 Å². The molecule has 1 aliphatic rings. The molecule has 0 aliphatic carbocycles. The fourth-order valence-corrected chi connectivity index (χ4v) is 6.65. The van der Waals surface area contributed by atoms with Gasteiger partial charge in [0.1, 0.15) is 16.3 Å². The summed E-state index contributed by atoms with van der Waals surface area (Å²) in [5.74, 6) is -0.702. The van der Waals surface area contributed by atoms with E-state index in [1.807, 2.05) is 0 Å². The first-order chi connectivity index (χ1) is 16.3. The van der Waals surface area contributed by atoms with Gasteiger partial charge >= 0.3 is 0 Å². The van der Waals surface area contributed by atoms with Gasteiger partial charge < -0.3 is 5.32 Å². The van der Waals surface area contributed by atoms with E-state index in [9.17, 15) is 17.6 Å². The molecule has 5 rings (SSSR count). The minimum absolute atomic E-state index is 0.217. The summed E-state index contributed by atoms with van der Waals surface area (Å²) in [7, 11) is -1.77. The summed E-state index contributed by atoms with van der Waals surface area (Å²) < 4.78 is 43.1. The van der Waals surface area contributed by atoms with Crippen molar-refractivity contribution in [1.82, 2.24) is 14.1 Å². The van der Waals surface area contributed by atoms with Crippen LogP contribution in [0.1, 0.15) is 28.9 Å². The Kier molecular flexibility index (Phi) is 5.97. The summed E-state index contributed by atoms with van der Waals surface area (Å²) in [6, 6.07) is 14.3. The zero-order valence-corrected chi connectivity index (χ0v) is 20.1. The van der Waals surface area contributed by atoms with E-state index in [1.165, 1.54) is 33.8 Å². The number of amides is 1. The fourth-order valence-electron chi connectivity index (χ4n) is 4.16. The number of thiophene rings is 1. The molecule has 0 atom stereocenters. The molecular formula is C24H23FN4O3S2. The first-order valence-corrected chi connectivity index (χ1v) is 13.2. The van der Waals surface area contributed by atoms with Crippen molar-refractivity contribution in [2.75, 3.05) is 18.4 Å². The van der Waals surface area contributed by atoms with Crippen LogP contribution in [0, 0.1) is 5.82 Å². The van der Waals surface area contributed by atoms with E-state index in [2.05, 4.69) is 10.4 Å². The number of benzene rings is 2. The number of aromatic nitrogens is 2. The normalized spacial score (nSPS) is 15.0. The molecule has 1 saturated heterocycles. The van der Waals surface area contributed by atoms with Crippen LogP contribution in [-0.2, 0) is 17.1 Å². The number of fused-ring (bicyclic) bond motifs is 1. The summed E-state index contributed by atoms with van der Waals surface area (Å²) >= 11 is 1.26. The van der Waals surface area contributed by atoms with Gasteiger partial charge in [0.2, 0.25) is 10.0 Å². The van der Waals surface area contributed by atoms with Crippen LogP contribution in [0.15, 0.2) is 59.5 Å². The minimum atomic E-state index is -3.53. The van der Waals surface area contributed by atoms with Gasteiger partial charge in [0.05, 0.1) is 9.77 Å². The Hall–Kier alpha value is -3.08. The van der Waals surface area contributed by atoms with E-state index >= 15 is 0 Å². The quantitative estimate of drug-likeness (QED) is 0.426. The second-order valence-corrected chi connectivity index (χ2v) is 11.2. The smallest absolute Gasteiger partial charge is 0.265 e. The summed E-state index contributed by atoms with van der Waals surface area (Å²) in [5.41, 5.74) is 1.36. The summed E-state index contributed by atoms with van der Waals surface area (Å²) in [5, 5.41) is 7.95. The molecule has 0 spiro atoms. The van der Waals surface area contributed by atoms with Crippen LogP contribution in [0.2, 0.25) is 0 Å². The number of hydrogen-bond acceptors (Lipinski definition) is 5. The summed E-state index contributed by atoms with van der Waals surface area (Å²) in [6.07, 6.45) is 2.79. The monoisotopic (exact) mass is 498 g/mol. The van der Waals surface area contributed by atoms with Gasteiger partial charge in [-0.3, -0.25) is 9.48 Å². The van der Waals surface area contributed by atoms with Gasteiger partial charge in [0.15, 0.2) is 0 Å². The molecule has 34 heavy (non-hydrogen) atoms. The molecule has 2 aromatic heterocycles. The maximum Gasteiger partial charge on any atom is 0.265 e. The number of carbonyl (C=O) groups excluding carboxylic acids is 1. The van der Waals surface area contributed by atoms with Crippen molar-refractivity contribution >= 4 is 43.2 Å². The average Bonchev–Trinajstić information content (AvgIpc) is 3.41. The first kappa shape index (κ1) is 22.7. The Bertz CT molecular complexity index is 1470. The number of aryl methyl sites for hydroxylation is 1.